The molecule has 0 heterocycles. The fraction of sp³-hybridized carbons (Fsp3) is 0.125. The smallest absolute Gasteiger partial charge is 0.335 e. The summed E-state index contributed by atoms with van der Waals surface area (Å²) in [5, 5.41) is 18.1. The van der Waals surface area contributed by atoms with Crippen LogP contribution in [0.3, 0.4) is 0 Å². The summed E-state index contributed by atoms with van der Waals surface area (Å²) in [4.78, 5) is 22.1. The van der Waals surface area contributed by atoms with Crippen LogP contribution in [0.1, 0.15) is 37.4 Å². The van der Waals surface area contributed by atoms with E-state index in [-0.39, 0.29) is 11.1 Å². The van der Waals surface area contributed by atoms with Crippen LogP contribution in [0.15, 0.2) is 42.5 Å². The highest BCUT2D eigenvalue weighted by Gasteiger charge is 2.11. The molecule has 0 spiro atoms. The molecule has 2 rings (SSSR count). The molecule has 0 bridgehead atoms. The molecule has 102 valence electrons. The molecular weight excluding hydrogens is 256 g/mol. The maximum atomic E-state index is 11.0. The Balaban J connectivity index is 2.37. The van der Waals surface area contributed by atoms with Gasteiger partial charge in [0, 0.05) is 0 Å². The molecule has 4 heteroatoms. The molecule has 0 radical (unpaired) electrons. The van der Waals surface area contributed by atoms with Crippen molar-refractivity contribution in [3.05, 3.63) is 70.3 Å². The minimum atomic E-state index is -1.13. The molecule has 2 aromatic carbocycles. The highest BCUT2D eigenvalue weighted by molar-refractivity contribution is 5.94. The van der Waals surface area contributed by atoms with Gasteiger partial charge in [-0.25, -0.2) is 9.59 Å². The molecule has 0 amide bonds. The lowest BCUT2D eigenvalue weighted by atomic mass is 9.99. The summed E-state index contributed by atoms with van der Waals surface area (Å²) in [6, 6.07) is 12.0. The van der Waals surface area contributed by atoms with Gasteiger partial charge in [0.25, 0.3) is 0 Å². The first-order valence-corrected chi connectivity index (χ1v) is 6.12. The lowest BCUT2D eigenvalue weighted by Crippen LogP contribution is -2.04. The molecule has 0 aromatic heterocycles. The molecule has 0 aliphatic heterocycles. The fourth-order valence-corrected chi connectivity index (χ4v) is 1.98. The van der Waals surface area contributed by atoms with Crippen molar-refractivity contribution in [1.82, 2.24) is 0 Å². The number of benzene rings is 2. The molecule has 0 aliphatic rings. The van der Waals surface area contributed by atoms with Crippen molar-refractivity contribution < 1.29 is 19.8 Å². The number of carboxylic acid groups (broad SMARTS) is 2. The van der Waals surface area contributed by atoms with Crippen molar-refractivity contribution in [3.63, 3.8) is 0 Å². The lowest BCUT2D eigenvalue weighted by Gasteiger charge is -2.06. The van der Waals surface area contributed by atoms with Gasteiger partial charge in [0.1, 0.15) is 0 Å². The van der Waals surface area contributed by atoms with E-state index in [0.717, 1.165) is 11.1 Å². The minimum absolute atomic E-state index is 0.00740. The monoisotopic (exact) mass is 270 g/mol. The molecule has 4 nitrogen and oxygen atoms in total. The molecule has 0 unspecified atom stereocenters. The predicted molar refractivity (Wildman–Crippen MR) is 74.3 cm³/mol. The average molecular weight is 270 g/mol. The molecule has 0 aliphatic carbocycles. The standard InChI is InChI=1S/C16H14O4/c1-10-2-4-11(5-3-10)6-12-7-13(15(17)18)9-14(8-12)16(19)20/h2-5,7-9H,6H2,1H3,(H,17,18)(H,19,20). The van der Waals surface area contributed by atoms with Crippen LogP contribution in [0.2, 0.25) is 0 Å². The van der Waals surface area contributed by atoms with E-state index < -0.39 is 11.9 Å². The van der Waals surface area contributed by atoms with E-state index in [1.165, 1.54) is 18.2 Å². The SMILES string of the molecule is Cc1ccc(Cc2cc(C(=O)O)cc(C(=O)O)c2)cc1. The maximum absolute atomic E-state index is 11.0. The van der Waals surface area contributed by atoms with E-state index in [2.05, 4.69) is 0 Å². The van der Waals surface area contributed by atoms with Crippen LogP contribution in [0, 0.1) is 6.92 Å². The average Bonchev–Trinajstić information content (AvgIpc) is 2.41. The number of hydrogen-bond donors (Lipinski definition) is 2. The third kappa shape index (κ3) is 3.23. The van der Waals surface area contributed by atoms with Crippen LogP contribution >= 0.6 is 0 Å². The van der Waals surface area contributed by atoms with Gasteiger partial charge in [0.15, 0.2) is 0 Å². The summed E-state index contributed by atoms with van der Waals surface area (Å²) < 4.78 is 0. The van der Waals surface area contributed by atoms with E-state index >= 15 is 0 Å². The zero-order chi connectivity index (χ0) is 14.7. The number of hydrogen-bond acceptors (Lipinski definition) is 2. The maximum Gasteiger partial charge on any atom is 0.335 e. The van der Waals surface area contributed by atoms with E-state index in [1.54, 1.807) is 0 Å². The second kappa shape index (κ2) is 5.57. The fourth-order valence-electron chi connectivity index (χ4n) is 1.98. The Morgan fingerprint density at radius 2 is 1.35 bits per heavy atom. The first-order valence-electron chi connectivity index (χ1n) is 6.12. The van der Waals surface area contributed by atoms with Crippen LogP contribution in [-0.4, -0.2) is 22.2 Å². The number of aryl methyl sites for hydroxylation is 1. The molecule has 0 fully saturated rings. The van der Waals surface area contributed by atoms with Crippen molar-refractivity contribution >= 4 is 11.9 Å². The van der Waals surface area contributed by atoms with E-state index in [1.807, 2.05) is 31.2 Å². The van der Waals surface area contributed by atoms with E-state index in [0.29, 0.717) is 12.0 Å². The first-order chi connectivity index (χ1) is 9.45. The topological polar surface area (TPSA) is 74.6 Å². The van der Waals surface area contributed by atoms with Gasteiger partial charge < -0.3 is 10.2 Å². The number of rotatable bonds is 4. The third-order valence-electron chi connectivity index (χ3n) is 3.02. The van der Waals surface area contributed by atoms with Gasteiger partial charge in [-0.05, 0) is 42.7 Å². The Morgan fingerprint density at radius 3 is 1.80 bits per heavy atom. The molecule has 2 N–H and O–H groups in total. The zero-order valence-electron chi connectivity index (χ0n) is 11.0. The predicted octanol–water partition coefficient (Wildman–Crippen LogP) is 2.98. The molecule has 2 aromatic rings. The summed E-state index contributed by atoms with van der Waals surface area (Å²) in [5.41, 5.74) is 2.80. The lowest BCUT2D eigenvalue weighted by molar-refractivity contribution is 0.0696. The Kier molecular flexibility index (Phi) is 3.84. The van der Waals surface area contributed by atoms with Crippen molar-refractivity contribution in [1.29, 1.82) is 0 Å². The minimum Gasteiger partial charge on any atom is -0.478 e. The first kappa shape index (κ1) is 13.8. The van der Waals surface area contributed by atoms with Crippen LogP contribution in [-0.2, 0) is 6.42 Å². The number of carbonyl (C=O) groups is 2. The quantitative estimate of drug-likeness (QED) is 0.895. The van der Waals surface area contributed by atoms with Crippen molar-refractivity contribution in [2.24, 2.45) is 0 Å². The summed E-state index contributed by atoms with van der Waals surface area (Å²) in [6.07, 6.45) is 0.502. The van der Waals surface area contributed by atoms with E-state index in [4.69, 9.17) is 10.2 Å². The Hall–Kier alpha value is -2.62. The summed E-state index contributed by atoms with van der Waals surface area (Å²) in [7, 11) is 0. The second-order valence-corrected chi connectivity index (χ2v) is 4.69. The summed E-state index contributed by atoms with van der Waals surface area (Å²) in [5.74, 6) is -2.25. The van der Waals surface area contributed by atoms with Crippen LogP contribution in [0.25, 0.3) is 0 Å². The van der Waals surface area contributed by atoms with Gasteiger partial charge in [-0.15, -0.1) is 0 Å². The van der Waals surface area contributed by atoms with Crippen molar-refractivity contribution in [3.8, 4) is 0 Å². The molecule has 0 atom stereocenters. The molecular formula is C16H14O4. The summed E-state index contributed by atoms with van der Waals surface area (Å²) >= 11 is 0. The highest BCUT2D eigenvalue weighted by atomic mass is 16.4. The van der Waals surface area contributed by atoms with Gasteiger partial charge in [-0.2, -0.15) is 0 Å². The molecule has 0 saturated heterocycles. The Labute approximate surface area is 116 Å². The van der Waals surface area contributed by atoms with Gasteiger partial charge in [0.2, 0.25) is 0 Å². The molecule has 0 saturated carbocycles. The summed E-state index contributed by atoms with van der Waals surface area (Å²) in [6.45, 7) is 1.98. The largest absolute Gasteiger partial charge is 0.478 e. The Morgan fingerprint density at radius 1 is 0.850 bits per heavy atom. The third-order valence-corrected chi connectivity index (χ3v) is 3.02. The van der Waals surface area contributed by atoms with Crippen molar-refractivity contribution in [2.75, 3.05) is 0 Å². The normalized spacial score (nSPS) is 10.2. The van der Waals surface area contributed by atoms with Gasteiger partial charge >= 0.3 is 11.9 Å². The molecule has 20 heavy (non-hydrogen) atoms. The van der Waals surface area contributed by atoms with Crippen LogP contribution in [0.4, 0.5) is 0 Å². The van der Waals surface area contributed by atoms with Crippen LogP contribution < -0.4 is 0 Å². The zero-order valence-corrected chi connectivity index (χ0v) is 11.0. The van der Waals surface area contributed by atoms with Crippen LogP contribution in [0.5, 0.6) is 0 Å². The highest BCUT2D eigenvalue weighted by Crippen LogP contribution is 2.15. The van der Waals surface area contributed by atoms with Gasteiger partial charge in [-0.1, -0.05) is 29.8 Å². The number of carboxylic acids is 2. The second-order valence-electron chi connectivity index (χ2n) is 4.69. The van der Waals surface area contributed by atoms with Crippen molar-refractivity contribution in [2.45, 2.75) is 13.3 Å². The van der Waals surface area contributed by atoms with E-state index in [9.17, 15) is 9.59 Å². The number of aromatic carboxylic acids is 2. The van der Waals surface area contributed by atoms with Gasteiger partial charge in [-0.3, -0.25) is 0 Å². The van der Waals surface area contributed by atoms with Gasteiger partial charge in [0.05, 0.1) is 11.1 Å². The Bertz CT molecular complexity index is 624.